The molecule has 0 aliphatic carbocycles. The van der Waals surface area contributed by atoms with Crippen LogP contribution in [0.15, 0.2) is 39.2 Å². The average Bonchev–Trinajstić information content (AvgIpc) is 3.47. The standard InChI is InChI=1S/C23H27Cl2N5O4S2/c1-23(2,3)18-12-26-20(34-18)14-35-21-13-27-22(36-21)28-19(31)10-15-4-5-16(11-17(15)30(32)33)29(8-6-24)9-7-25/h4-5,11-13H,6-10,14H2,1-3H3,(H,27,28,31). The molecule has 0 fully saturated rings. The second-order valence-electron chi connectivity index (χ2n) is 8.80. The maximum atomic E-state index is 12.6. The van der Waals surface area contributed by atoms with E-state index >= 15 is 0 Å². The van der Waals surface area contributed by atoms with Crippen LogP contribution in [0.3, 0.4) is 0 Å². The number of anilines is 2. The quantitative estimate of drug-likeness (QED) is 0.120. The number of nitro groups is 1. The van der Waals surface area contributed by atoms with E-state index in [1.807, 2.05) is 4.90 Å². The van der Waals surface area contributed by atoms with Crippen LogP contribution in [0.25, 0.3) is 0 Å². The highest BCUT2D eigenvalue weighted by Crippen LogP contribution is 2.32. The Morgan fingerprint density at radius 1 is 1.22 bits per heavy atom. The van der Waals surface area contributed by atoms with Gasteiger partial charge in [0.25, 0.3) is 5.69 Å². The van der Waals surface area contributed by atoms with Gasteiger partial charge in [0.2, 0.25) is 11.8 Å². The molecule has 0 aliphatic heterocycles. The molecule has 0 spiro atoms. The molecule has 36 heavy (non-hydrogen) atoms. The lowest BCUT2D eigenvalue weighted by Gasteiger charge is -2.23. The van der Waals surface area contributed by atoms with Crippen molar-refractivity contribution in [3.8, 4) is 0 Å². The Kier molecular flexibility index (Phi) is 10.0. The van der Waals surface area contributed by atoms with Gasteiger partial charge in [-0.25, -0.2) is 9.97 Å². The molecule has 0 bridgehead atoms. The number of thioether (sulfide) groups is 1. The fourth-order valence-electron chi connectivity index (χ4n) is 3.22. The van der Waals surface area contributed by atoms with Gasteiger partial charge in [-0.15, -0.1) is 35.0 Å². The molecule has 0 atom stereocenters. The Morgan fingerprint density at radius 3 is 2.56 bits per heavy atom. The molecule has 0 aliphatic rings. The number of hydrogen-bond acceptors (Lipinski definition) is 9. The zero-order chi connectivity index (χ0) is 26.3. The van der Waals surface area contributed by atoms with Gasteiger partial charge in [0.05, 0.1) is 33.7 Å². The van der Waals surface area contributed by atoms with Crippen molar-refractivity contribution in [1.82, 2.24) is 9.97 Å². The molecule has 2 heterocycles. The number of alkyl halides is 2. The summed E-state index contributed by atoms with van der Waals surface area (Å²) in [5, 5.41) is 14.8. The molecule has 0 saturated heterocycles. The van der Waals surface area contributed by atoms with Crippen molar-refractivity contribution < 1.29 is 14.1 Å². The monoisotopic (exact) mass is 571 g/mol. The first kappa shape index (κ1) is 28.2. The maximum absolute atomic E-state index is 12.6. The molecule has 0 saturated carbocycles. The number of halogens is 2. The van der Waals surface area contributed by atoms with Crippen LogP contribution in [0.4, 0.5) is 16.5 Å². The number of nitrogens with zero attached hydrogens (tertiary/aromatic N) is 4. The van der Waals surface area contributed by atoms with E-state index in [0.717, 1.165) is 9.97 Å². The molecule has 194 valence electrons. The minimum absolute atomic E-state index is 0.110. The van der Waals surface area contributed by atoms with Gasteiger partial charge in [-0.05, 0) is 12.1 Å². The number of thiazole rings is 1. The predicted octanol–water partition coefficient (Wildman–Crippen LogP) is 6.09. The van der Waals surface area contributed by atoms with E-state index in [-0.39, 0.29) is 17.5 Å². The second kappa shape index (κ2) is 12.8. The van der Waals surface area contributed by atoms with E-state index in [9.17, 15) is 14.9 Å². The van der Waals surface area contributed by atoms with E-state index in [2.05, 4.69) is 36.1 Å². The van der Waals surface area contributed by atoms with Crippen molar-refractivity contribution in [3.63, 3.8) is 0 Å². The molecule has 0 radical (unpaired) electrons. The van der Waals surface area contributed by atoms with E-state index < -0.39 is 10.8 Å². The van der Waals surface area contributed by atoms with Gasteiger partial charge < -0.3 is 14.6 Å². The third-order valence-corrected chi connectivity index (χ3v) is 7.48. The molecular weight excluding hydrogens is 545 g/mol. The molecule has 1 N–H and O–H groups in total. The van der Waals surface area contributed by atoms with Crippen LogP contribution in [0, 0.1) is 10.1 Å². The van der Waals surface area contributed by atoms with Crippen LogP contribution in [-0.4, -0.2) is 45.6 Å². The number of hydrogen-bond donors (Lipinski definition) is 1. The Labute approximate surface area is 227 Å². The van der Waals surface area contributed by atoms with Crippen molar-refractivity contribution >= 4 is 68.7 Å². The lowest BCUT2D eigenvalue weighted by atomic mass is 9.94. The first-order valence-corrected chi connectivity index (χ1v) is 14.0. The van der Waals surface area contributed by atoms with Crippen molar-refractivity contribution in [3.05, 3.63) is 57.9 Å². The lowest BCUT2D eigenvalue weighted by Crippen LogP contribution is -2.27. The number of nitrogens with one attached hydrogen (secondary N) is 1. The Morgan fingerprint density at radius 2 is 1.94 bits per heavy atom. The molecule has 3 rings (SSSR count). The molecule has 9 nitrogen and oxygen atoms in total. The normalized spacial score (nSPS) is 11.5. The fourth-order valence-corrected chi connectivity index (χ4v) is 5.37. The third-order valence-electron chi connectivity index (χ3n) is 5.05. The first-order chi connectivity index (χ1) is 17.1. The Hall–Kier alpha value is -2.34. The highest BCUT2D eigenvalue weighted by molar-refractivity contribution is 8.00. The molecule has 2 aromatic heterocycles. The van der Waals surface area contributed by atoms with E-state index in [4.69, 9.17) is 27.6 Å². The summed E-state index contributed by atoms with van der Waals surface area (Å²) >= 11 is 14.5. The summed E-state index contributed by atoms with van der Waals surface area (Å²) in [4.78, 5) is 34.2. The molecule has 13 heteroatoms. The van der Waals surface area contributed by atoms with Gasteiger partial charge in [0, 0.05) is 47.6 Å². The minimum Gasteiger partial charge on any atom is -0.444 e. The molecule has 1 aromatic carbocycles. The Bertz CT molecular complexity index is 1190. The summed E-state index contributed by atoms with van der Waals surface area (Å²) in [6, 6.07) is 4.78. The van der Waals surface area contributed by atoms with Crippen LogP contribution >= 0.6 is 46.3 Å². The number of carbonyl (C=O) groups is 1. The van der Waals surface area contributed by atoms with Crippen LogP contribution in [0.2, 0.25) is 0 Å². The number of rotatable bonds is 12. The SMILES string of the molecule is CC(C)(C)c1cnc(CSc2cnc(NC(=O)Cc3ccc(N(CCCl)CCCl)cc3[N+](=O)[O-])s2)o1. The van der Waals surface area contributed by atoms with Crippen molar-refractivity contribution in [2.24, 2.45) is 0 Å². The zero-order valence-corrected chi connectivity index (χ0v) is 23.3. The van der Waals surface area contributed by atoms with Crippen LogP contribution in [0.5, 0.6) is 0 Å². The maximum Gasteiger partial charge on any atom is 0.275 e. The number of amides is 1. The van der Waals surface area contributed by atoms with Crippen LogP contribution in [-0.2, 0) is 22.4 Å². The molecule has 0 unspecified atom stereocenters. The third kappa shape index (κ3) is 7.83. The van der Waals surface area contributed by atoms with Crippen LogP contribution in [0.1, 0.15) is 38.0 Å². The topological polar surface area (TPSA) is 114 Å². The van der Waals surface area contributed by atoms with E-state index in [1.165, 1.54) is 29.2 Å². The minimum atomic E-state index is -0.489. The van der Waals surface area contributed by atoms with E-state index in [0.29, 0.717) is 52.9 Å². The number of aromatic nitrogens is 2. The van der Waals surface area contributed by atoms with Gasteiger partial charge in [-0.3, -0.25) is 14.9 Å². The number of nitro benzene ring substituents is 1. The highest BCUT2D eigenvalue weighted by Gasteiger charge is 2.21. The number of oxazole rings is 1. The highest BCUT2D eigenvalue weighted by atomic mass is 35.5. The van der Waals surface area contributed by atoms with Gasteiger partial charge in [-0.2, -0.15) is 0 Å². The van der Waals surface area contributed by atoms with Gasteiger partial charge in [-0.1, -0.05) is 32.1 Å². The van der Waals surface area contributed by atoms with Crippen LogP contribution < -0.4 is 10.2 Å². The summed E-state index contributed by atoms with van der Waals surface area (Å²) in [6.07, 6.45) is 3.25. The second-order valence-corrected chi connectivity index (χ2v) is 11.9. The van der Waals surface area contributed by atoms with Gasteiger partial charge in [0.1, 0.15) is 5.76 Å². The van der Waals surface area contributed by atoms with E-state index in [1.54, 1.807) is 24.5 Å². The summed E-state index contributed by atoms with van der Waals surface area (Å²) in [5.74, 6) is 2.31. The van der Waals surface area contributed by atoms with Gasteiger partial charge >= 0.3 is 0 Å². The summed E-state index contributed by atoms with van der Waals surface area (Å²) in [5.41, 5.74) is 0.700. The summed E-state index contributed by atoms with van der Waals surface area (Å²) in [6.45, 7) is 7.18. The molecule has 3 aromatic rings. The zero-order valence-electron chi connectivity index (χ0n) is 20.1. The van der Waals surface area contributed by atoms with Crippen molar-refractivity contribution in [1.29, 1.82) is 0 Å². The van der Waals surface area contributed by atoms with Gasteiger partial charge in [0.15, 0.2) is 5.13 Å². The number of benzene rings is 1. The van der Waals surface area contributed by atoms with Crippen molar-refractivity contribution in [2.75, 3.05) is 35.1 Å². The summed E-state index contributed by atoms with van der Waals surface area (Å²) < 4.78 is 6.68. The first-order valence-electron chi connectivity index (χ1n) is 11.1. The largest absolute Gasteiger partial charge is 0.444 e. The average molecular weight is 573 g/mol. The smallest absolute Gasteiger partial charge is 0.275 e. The lowest BCUT2D eigenvalue weighted by molar-refractivity contribution is -0.385. The fraction of sp³-hybridized carbons (Fsp3) is 0.435. The van der Waals surface area contributed by atoms with Crippen molar-refractivity contribution in [2.45, 2.75) is 42.6 Å². The molecule has 1 amide bonds. The Balaban J connectivity index is 1.61. The molecular formula is C23H27Cl2N5O4S2. The summed E-state index contributed by atoms with van der Waals surface area (Å²) in [7, 11) is 0. The predicted molar refractivity (Wildman–Crippen MR) is 146 cm³/mol. The number of carbonyl (C=O) groups excluding carboxylic acids is 1.